The van der Waals surface area contributed by atoms with Gasteiger partial charge in [0, 0.05) is 59.1 Å². The first kappa shape index (κ1) is 31.4. The van der Waals surface area contributed by atoms with Crippen molar-refractivity contribution in [2.45, 2.75) is 19.3 Å². The molecule has 230 valence electrons. The maximum absolute atomic E-state index is 13.8. The highest BCUT2D eigenvalue weighted by molar-refractivity contribution is 5.86. The van der Waals surface area contributed by atoms with Crippen molar-refractivity contribution in [2.24, 2.45) is 5.92 Å². The number of carbonyl (C=O) groups is 2. The molecule has 0 radical (unpaired) electrons. The number of hydrogen-bond acceptors (Lipinski definition) is 12. The van der Waals surface area contributed by atoms with E-state index >= 15 is 0 Å². The van der Waals surface area contributed by atoms with Crippen molar-refractivity contribution in [3.8, 4) is 11.4 Å². The number of alkyl halides is 2. The van der Waals surface area contributed by atoms with E-state index in [1.165, 1.54) is 11.1 Å². The number of halogens is 3. The van der Waals surface area contributed by atoms with Crippen LogP contribution in [0.15, 0.2) is 6.20 Å². The summed E-state index contributed by atoms with van der Waals surface area (Å²) in [6.07, 6.45) is 0.0616. The highest BCUT2D eigenvalue weighted by Crippen LogP contribution is 2.30. The lowest BCUT2D eigenvalue weighted by molar-refractivity contribution is -0.142. The van der Waals surface area contributed by atoms with Crippen molar-refractivity contribution < 1.29 is 23.1 Å². The van der Waals surface area contributed by atoms with Crippen molar-refractivity contribution in [1.82, 2.24) is 40.0 Å². The molecule has 2 aromatic heterocycles. The molecule has 2 aromatic rings. The Bertz CT molecular complexity index is 1240. The van der Waals surface area contributed by atoms with Crippen LogP contribution in [0.1, 0.15) is 25.0 Å². The van der Waals surface area contributed by atoms with E-state index in [2.05, 4.69) is 30.2 Å². The molecule has 3 aliphatic heterocycles. The van der Waals surface area contributed by atoms with E-state index in [-0.39, 0.29) is 54.0 Å². The molecule has 3 aliphatic rings. The number of rotatable bonds is 7. The lowest BCUT2D eigenvalue weighted by Gasteiger charge is -2.36. The van der Waals surface area contributed by atoms with Gasteiger partial charge in [-0.25, -0.2) is 18.7 Å². The second kappa shape index (κ2) is 14.1. The van der Waals surface area contributed by atoms with Gasteiger partial charge in [0.1, 0.15) is 5.69 Å². The van der Waals surface area contributed by atoms with Crippen LogP contribution < -0.4 is 20.9 Å². The van der Waals surface area contributed by atoms with E-state index in [1.807, 2.05) is 9.80 Å². The highest BCUT2D eigenvalue weighted by Gasteiger charge is 2.29. The van der Waals surface area contributed by atoms with Crippen LogP contribution in [-0.2, 0) is 14.3 Å². The summed E-state index contributed by atoms with van der Waals surface area (Å²) in [5.74, 6) is 0.133. The Labute approximate surface area is 248 Å². The molecule has 17 heteroatoms. The third-order valence-electron chi connectivity index (χ3n) is 7.50. The number of carbonyl (C=O) groups excluding carboxylic acids is 2. The normalized spacial score (nSPS) is 19.4. The maximum Gasteiger partial charge on any atom is 0.281 e. The number of nitrogens with zero attached hydrogens (tertiary/aromatic N) is 9. The maximum atomic E-state index is 13.8. The van der Waals surface area contributed by atoms with Crippen LogP contribution in [0.2, 0.25) is 0 Å². The summed E-state index contributed by atoms with van der Waals surface area (Å²) in [7, 11) is 1.67. The van der Waals surface area contributed by atoms with Crippen molar-refractivity contribution in [2.75, 3.05) is 94.7 Å². The van der Waals surface area contributed by atoms with E-state index in [0.29, 0.717) is 70.9 Å². The Balaban J connectivity index is 0.00000405. The minimum atomic E-state index is -2.91. The highest BCUT2D eigenvalue weighted by atomic mass is 35.5. The molecule has 0 bridgehead atoms. The van der Waals surface area contributed by atoms with E-state index in [4.69, 9.17) is 10.5 Å². The molecule has 0 unspecified atom stereocenters. The van der Waals surface area contributed by atoms with E-state index < -0.39 is 12.1 Å². The molecule has 3 saturated heterocycles. The van der Waals surface area contributed by atoms with Crippen molar-refractivity contribution in [3.63, 3.8) is 0 Å². The topological polar surface area (TPSA) is 159 Å². The zero-order chi connectivity index (χ0) is 28.9. The van der Waals surface area contributed by atoms with Gasteiger partial charge in [-0.05, 0) is 19.4 Å². The second-order valence-corrected chi connectivity index (χ2v) is 10.3. The molecule has 0 saturated carbocycles. The standard InChI is InChI=1S/C25H35F2N11O3.ClH/c1-35(22(40)16-3-2-4-29-13-16)15-18(39)36-5-7-37(8-6-36)24-32-21(17-14-30-23(28)31-19(17)20(26)27)33-25(34-24)38-9-11-41-12-10-38;/h14,16,20,29H,2-13,15H2,1H3,(H2,28,30,31);1H/t16-;/m1./s1. The van der Waals surface area contributed by atoms with Crippen LogP contribution in [0.25, 0.3) is 11.4 Å². The summed E-state index contributed by atoms with van der Waals surface area (Å²) in [4.78, 5) is 54.1. The smallest absolute Gasteiger partial charge is 0.281 e. The first-order chi connectivity index (χ1) is 19.8. The predicted molar refractivity (Wildman–Crippen MR) is 153 cm³/mol. The third-order valence-corrected chi connectivity index (χ3v) is 7.50. The molecule has 5 heterocycles. The van der Waals surface area contributed by atoms with Crippen LogP contribution in [0.3, 0.4) is 0 Å². The Morgan fingerprint density at radius 1 is 1.07 bits per heavy atom. The molecule has 42 heavy (non-hydrogen) atoms. The molecule has 0 aromatic carbocycles. The number of nitrogen functional groups attached to an aromatic ring is 1. The van der Waals surface area contributed by atoms with Gasteiger partial charge < -0.3 is 35.4 Å². The van der Waals surface area contributed by atoms with Gasteiger partial charge in [-0.3, -0.25) is 9.59 Å². The molecule has 3 N–H and O–H groups in total. The molecule has 1 atom stereocenters. The second-order valence-electron chi connectivity index (χ2n) is 10.3. The van der Waals surface area contributed by atoms with Crippen LogP contribution in [0.4, 0.5) is 26.6 Å². The first-order valence-electron chi connectivity index (χ1n) is 13.8. The number of anilines is 3. The van der Waals surface area contributed by atoms with E-state index in [0.717, 1.165) is 19.4 Å². The van der Waals surface area contributed by atoms with Gasteiger partial charge in [-0.1, -0.05) is 0 Å². The Hall–Kier alpha value is -3.50. The van der Waals surface area contributed by atoms with Gasteiger partial charge in [0.15, 0.2) is 5.82 Å². The number of nitrogens with two attached hydrogens (primary N) is 1. The molecule has 14 nitrogen and oxygen atoms in total. The summed E-state index contributed by atoms with van der Waals surface area (Å²) < 4.78 is 33.1. The van der Waals surface area contributed by atoms with Gasteiger partial charge in [-0.15, -0.1) is 12.4 Å². The molecule has 0 aliphatic carbocycles. The average Bonchev–Trinajstić information content (AvgIpc) is 3.01. The number of piperidine rings is 1. The van der Waals surface area contributed by atoms with E-state index in [9.17, 15) is 18.4 Å². The fraction of sp³-hybridized carbons (Fsp3) is 0.640. The number of ether oxygens (including phenoxy) is 1. The summed E-state index contributed by atoms with van der Waals surface area (Å²) >= 11 is 0. The number of amides is 2. The third kappa shape index (κ3) is 7.28. The SMILES string of the molecule is CN(CC(=O)N1CCN(c2nc(-c3cnc(N)nc3C(F)F)nc(N3CCOCC3)n2)CC1)C(=O)[C@@H]1CCCNC1.Cl. The quantitative estimate of drug-likeness (QED) is 0.439. The van der Waals surface area contributed by atoms with Crippen LogP contribution in [0, 0.1) is 5.92 Å². The number of nitrogens with one attached hydrogen (secondary N) is 1. The summed E-state index contributed by atoms with van der Waals surface area (Å²) in [6.45, 7) is 5.23. The fourth-order valence-corrected chi connectivity index (χ4v) is 5.18. The largest absolute Gasteiger partial charge is 0.378 e. The van der Waals surface area contributed by atoms with Gasteiger partial charge in [0.2, 0.25) is 29.7 Å². The molecule has 2 amide bonds. The first-order valence-corrected chi connectivity index (χ1v) is 13.8. The van der Waals surface area contributed by atoms with Crippen LogP contribution in [0.5, 0.6) is 0 Å². The molecule has 3 fully saturated rings. The Morgan fingerprint density at radius 3 is 2.36 bits per heavy atom. The number of hydrogen-bond donors (Lipinski definition) is 2. The summed E-state index contributed by atoms with van der Waals surface area (Å²) in [6, 6.07) is 0. The van der Waals surface area contributed by atoms with Gasteiger partial charge in [0.25, 0.3) is 6.43 Å². The summed E-state index contributed by atoms with van der Waals surface area (Å²) in [5.41, 5.74) is 4.98. The fourth-order valence-electron chi connectivity index (χ4n) is 5.18. The van der Waals surface area contributed by atoms with Crippen molar-refractivity contribution in [3.05, 3.63) is 11.9 Å². The summed E-state index contributed by atoms with van der Waals surface area (Å²) in [5, 5.41) is 3.23. The zero-order valence-corrected chi connectivity index (χ0v) is 24.2. The van der Waals surface area contributed by atoms with Gasteiger partial charge in [0.05, 0.1) is 31.2 Å². The predicted octanol–water partition coefficient (Wildman–Crippen LogP) is 0.213. The zero-order valence-electron chi connectivity index (χ0n) is 23.4. The molecular formula is C25H36ClF2N11O3. The van der Waals surface area contributed by atoms with Gasteiger partial charge >= 0.3 is 0 Å². The molecule has 5 rings (SSSR count). The van der Waals surface area contributed by atoms with Gasteiger partial charge in [-0.2, -0.15) is 15.0 Å². The average molecular weight is 612 g/mol. The number of morpholine rings is 1. The minimum Gasteiger partial charge on any atom is -0.378 e. The lowest BCUT2D eigenvalue weighted by atomic mass is 9.98. The van der Waals surface area contributed by atoms with E-state index in [1.54, 1.807) is 11.9 Å². The molecule has 0 spiro atoms. The number of aromatic nitrogens is 5. The monoisotopic (exact) mass is 611 g/mol. The Morgan fingerprint density at radius 2 is 1.74 bits per heavy atom. The van der Waals surface area contributed by atoms with Crippen molar-refractivity contribution in [1.29, 1.82) is 0 Å². The lowest BCUT2D eigenvalue weighted by Crippen LogP contribution is -2.52. The Kier molecular flexibility index (Phi) is 10.6. The number of likely N-dealkylation sites (N-methyl/N-ethyl adjacent to an activating group) is 1. The molecular weight excluding hydrogens is 576 g/mol. The minimum absolute atomic E-state index is 0. The van der Waals surface area contributed by atoms with Crippen LogP contribution in [-0.4, -0.2) is 126 Å². The van der Waals surface area contributed by atoms with Crippen molar-refractivity contribution >= 4 is 42.1 Å². The number of piperazine rings is 1. The van der Waals surface area contributed by atoms with Crippen LogP contribution >= 0.6 is 12.4 Å².